The van der Waals surface area contributed by atoms with Crippen LogP contribution in [0, 0.1) is 0 Å². The molecule has 0 aliphatic carbocycles. The number of allylic oxidation sites excluding steroid dienone is 10. The van der Waals surface area contributed by atoms with E-state index in [0.29, 0.717) is 24.1 Å². The van der Waals surface area contributed by atoms with E-state index in [1.807, 2.05) is 21.1 Å². The number of ether oxygens (including phenoxy) is 2. The first-order valence-corrected chi connectivity index (χ1v) is 29.5. The van der Waals surface area contributed by atoms with Crippen molar-refractivity contribution < 1.29 is 37.3 Å². The molecule has 0 bridgehead atoms. The molecule has 9 heteroatoms. The summed E-state index contributed by atoms with van der Waals surface area (Å²) in [6.07, 6.45) is 65.3. The molecule has 2 atom stereocenters. The van der Waals surface area contributed by atoms with E-state index in [9.17, 15) is 14.3 Å². The number of phosphoric acid groups is 1. The monoisotopic (exact) mass is 962 g/mol. The predicted molar refractivity (Wildman–Crippen MR) is 286 cm³/mol. The number of likely N-dealkylation sites (N-methyl/N-ethyl adjacent to an activating group) is 1. The molecule has 0 aromatic rings. The Hall–Kier alpha value is -1.80. The van der Waals surface area contributed by atoms with Crippen molar-refractivity contribution in [1.82, 2.24) is 0 Å². The maximum Gasteiger partial charge on any atom is 0.306 e. The molecule has 0 radical (unpaired) electrons. The molecular formula is C58H108NO7P. The molecule has 0 saturated carbocycles. The zero-order valence-electron chi connectivity index (χ0n) is 44.6. The SMILES string of the molecule is CCCCCCC/C=C\C/C=C\C/C=C\CCCCCCCCCOCC(COP(=O)([O-])OCC[N+](C)(C)C)OC(=O)CCCCCCCCCCCCC/C=C\C/C=C\CCCCCCC. The van der Waals surface area contributed by atoms with Crippen molar-refractivity contribution in [3.8, 4) is 0 Å². The van der Waals surface area contributed by atoms with Crippen LogP contribution in [0.25, 0.3) is 0 Å². The molecule has 0 rings (SSSR count). The average molecular weight is 962 g/mol. The first kappa shape index (κ1) is 65.2. The summed E-state index contributed by atoms with van der Waals surface area (Å²) in [4.78, 5) is 25.2. The summed E-state index contributed by atoms with van der Waals surface area (Å²) < 4.78 is 34.8. The average Bonchev–Trinajstić information content (AvgIpc) is 3.29. The lowest BCUT2D eigenvalue weighted by molar-refractivity contribution is -0.870. The predicted octanol–water partition coefficient (Wildman–Crippen LogP) is 17.0. The van der Waals surface area contributed by atoms with E-state index < -0.39 is 13.9 Å². The molecule has 392 valence electrons. The van der Waals surface area contributed by atoms with Gasteiger partial charge in [-0.1, -0.05) is 216 Å². The zero-order chi connectivity index (χ0) is 49.0. The minimum atomic E-state index is -4.54. The van der Waals surface area contributed by atoms with Crippen molar-refractivity contribution in [2.45, 2.75) is 251 Å². The maximum atomic E-state index is 12.8. The normalized spacial score (nSPS) is 13.9. The highest BCUT2D eigenvalue weighted by atomic mass is 31.2. The third kappa shape index (κ3) is 55.0. The number of phosphoric ester groups is 1. The van der Waals surface area contributed by atoms with Crippen molar-refractivity contribution in [3.05, 3.63) is 60.8 Å². The summed E-state index contributed by atoms with van der Waals surface area (Å²) in [5.41, 5.74) is 0. The number of unbranched alkanes of at least 4 members (excludes halogenated alkanes) is 28. The van der Waals surface area contributed by atoms with Gasteiger partial charge in [0.2, 0.25) is 0 Å². The van der Waals surface area contributed by atoms with Gasteiger partial charge in [-0.15, -0.1) is 0 Å². The molecule has 0 heterocycles. The molecule has 0 fully saturated rings. The first-order chi connectivity index (χ1) is 32.6. The molecular weight excluding hydrogens is 854 g/mol. The van der Waals surface area contributed by atoms with Crippen LogP contribution in [0.2, 0.25) is 0 Å². The minimum Gasteiger partial charge on any atom is -0.756 e. The Balaban J connectivity index is 4.13. The first-order valence-electron chi connectivity index (χ1n) is 28.0. The summed E-state index contributed by atoms with van der Waals surface area (Å²) in [5.74, 6) is -0.339. The summed E-state index contributed by atoms with van der Waals surface area (Å²) in [5, 5.41) is 0. The van der Waals surface area contributed by atoms with Crippen molar-refractivity contribution in [3.63, 3.8) is 0 Å². The lowest BCUT2D eigenvalue weighted by atomic mass is 10.0. The molecule has 0 aliphatic heterocycles. The van der Waals surface area contributed by atoms with Gasteiger partial charge in [0.1, 0.15) is 19.3 Å². The summed E-state index contributed by atoms with van der Waals surface area (Å²) in [6.45, 7) is 5.39. The van der Waals surface area contributed by atoms with Crippen LogP contribution in [0.3, 0.4) is 0 Å². The third-order valence-corrected chi connectivity index (χ3v) is 13.0. The summed E-state index contributed by atoms with van der Waals surface area (Å²) >= 11 is 0. The number of hydrogen-bond acceptors (Lipinski definition) is 7. The van der Waals surface area contributed by atoms with Crippen molar-refractivity contribution >= 4 is 13.8 Å². The topological polar surface area (TPSA) is 94.1 Å². The maximum absolute atomic E-state index is 12.8. The Bertz CT molecular complexity index is 1260. The Morgan fingerprint density at radius 2 is 0.821 bits per heavy atom. The van der Waals surface area contributed by atoms with Crippen LogP contribution in [-0.4, -0.2) is 70.7 Å². The second-order valence-corrected chi connectivity index (χ2v) is 21.3. The van der Waals surface area contributed by atoms with Crippen LogP contribution in [0.4, 0.5) is 0 Å². The van der Waals surface area contributed by atoms with E-state index in [-0.39, 0.29) is 25.8 Å². The molecule has 0 aromatic carbocycles. The molecule has 67 heavy (non-hydrogen) atoms. The second-order valence-electron chi connectivity index (χ2n) is 19.9. The fraction of sp³-hybridized carbons (Fsp3) is 0.810. The van der Waals surface area contributed by atoms with Gasteiger partial charge in [0.15, 0.2) is 0 Å². The quantitative estimate of drug-likeness (QED) is 0.0197. The van der Waals surface area contributed by atoms with E-state index in [1.165, 1.54) is 167 Å². The van der Waals surface area contributed by atoms with Crippen molar-refractivity contribution in [2.24, 2.45) is 0 Å². The number of carbonyl (C=O) groups excluding carboxylic acids is 1. The van der Waals surface area contributed by atoms with Gasteiger partial charge < -0.3 is 27.9 Å². The number of rotatable bonds is 52. The number of carbonyl (C=O) groups is 1. The van der Waals surface area contributed by atoms with E-state index in [2.05, 4.69) is 74.6 Å². The highest BCUT2D eigenvalue weighted by Crippen LogP contribution is 2.38. The zero-order valence-corrected chi connectivity index (χ0v) is 45.5. The van der Waals surface area contributed by atoms with Crippen LogP contribution in [0.15, 0.2) is 60.8 Å². The van der Waals surface area contributed by atoms with Gasteiger partial charge in [0.05, 0.1) is 34.4 Å². The highest BCUT2D eigenvalue weighted by Gasteiger charge is 2.20. The molecule has 0 saturated heterocycles. The number of esters is 1. The minimum absolute atomic E-state index is 0.0217. The number of quaternary nitrogens is 1. The standard InChI is InChI=1S/C58H108NO7P/c1-6-8-10-12-14-16-18-20-22-24-26-28-30-31-33-35-37-39-41-43-45-47-49-51-58(60)66-57(56-65-67(61,62)64-54-52-59(3,4)5)55-63-53-50-48-46-44-42-40-38-36-34-32-29-27-25-23-21-19-17-15-13-11-9-7-2/h18-21,24-27,32,34,57H,6-17,22-23,28-31,33,35-56H2,1-5H3/b20-18-,21-19-,26-24-,27-25-,34-32-. The Morgan fingerprint density at radius 3 is 1.22 bits per heavy atom. The Morgan fingerprint density at radius 1 is 0.463 bits per heavy atom. The van der Waals surface area contributed by atoms with Gasteiger partial charge in [-0.25, -0.2) is 0 Å². The molecule has 0 aliphatic rings. The molecule has 2 unspecified atom stereocenters. The molecule has 0 aromatic heterocycles. The fourth-order valence-electron chi connectivity index (χ4n) is 7.70. The largest absolute Gasteiger partial charge is 0.756 e. The van der Waals surface area contributed by atoms with E-state index in [0.717, 1.165) is 57.8 Å². The van der Waals surface area contributed by atoms with Gasteiger partial charge in [0, 0.05) is 13.0 Å². The van der Waals surface area contributed by atoms with Gasteiger partial charge in [0.25, 0.3) is 7.82 Å². The van der Waals surface area contributed by atoms with Gasteiger partial charge in [-0.2, -0.15) is 0 Å². The number of hydrogen-bond donors (Lipinski definition) is 0. The molecule has 0 spiro atoms. The molecule has 0 amide bonds. The van der Waals surface area contributed by atoms with Crippen LogP contribution >= 0.6 is 7.82 Å². The lowest BCUT2D eigenvalue weighted by Crippen LogP contribution is -2.37. The van der Waals surface area contributed by atoms with Gasteiger partial charge in [-0.05, 0) is 83.5 Å². The van der Waals surface area contributed by atoms with Crippen LogP contribution in [0.1, 0.15) is 245 Å². The van der Waals surface area contributed by atoms with Gasteiger partial charge >= 0.3 is 5.97 Å². The summed E-state index contributed by atoms with van der Waals surface area (Å²) in [6, 6.07) is 0. The second kappa shape index (κ2) is 50.6. The Labute approximate surface area is 415 Å². The van der Waals surface area contributed by atoms with Crippen LogP contribution < -0.4 is 4.89 Å². The molecule has 8 nitrogen and oxygen atoms in total. The van der Waals surface area contributed by atoms with E-state index in [1.54, 1.807) is 0 Å². The fourth-order valence-corrected chi connectivity index (χ4v) is 8.43. The number of nitrogens with zero attached hydrogens (tertiary/aromatic N) is 1. The van der Waals surface area contributed by atoms with Crippen LogP contribution in [0.5, 0.6) is 0 Å². The third-order valence-electron chi connectivity index (χ3n) is 12.0. The highest BCUT2D eigenvalue weighted by molar-refractivity contribution is 7.45. The summed E-state index contributed by atoms with van der Waals surface area (Å²) in [7, 11) is 1.35. The van der Waals surface area contributed by atoms with E-state index >= 15 is 0 Å². The van der Waals surface area contributed by atoms with Gasteiger partial charge in [-0.3, -0.25) is 9.36 Å². The molecule has 0 N–H and O–H groups in total. The van der Waals surface area contributed by atoms with Crippen molar-refractivity contribution in [2.75, 3.05) is 54.1 Å². The lowest BCUT2D eigenvalue weighted by Gasteiger charge is -2.28. The van der Waals surface area contributed by atoms with E-state index in [4.69, 9.17) is 18.5 Å². The Kier molecular flexibility index (Phi) is 49.2. The smallest absolute Gasteiger partial charge is 0.306 e. The van der Waals surface area contributed by atoms with Crippen LogP contribution in [-0.2, 0) is 27.9 Å². The van der Waals surface area contributed by atoms with Crippen molar-refractivity contribution in [1.29, 1.82) is 0 Å².